The molecule has 16 nitrogen and oxygen atoms in total. The number of benzene rings is 4. The van der Waals surface area contributed by atoms with Crippen molar-refractivity contribution in [3.8, 4) is 45.0 Å². The smallest absolute Gasteiger partial charge is 0.105 e. The van der Waals surface area contributed by atoms with Gasteiger partial charge in [-0.3, -0.25) is 9.97 Å². The van der Waals surface area contributed by atoms with Crippen molar-refractivity contribution in [3.05, 3.63) is 290 Å². The molecule has 0 fully saturated rings. The molecule has 6 radical (unpaired) electrons. The Morgan fingerprint density at radius 3 is 1.54 bits per heavy atom. The van der Waals surface area contributed by atoms with Gasteiger partial charge < -0.3 is 59.8 Å². The maximum Gasteiger partial charge on any atom is 0.105 e. The van der Waals surface area contributed by atoms with Gasteiger partial charge in [0.15, 0.2) is 0 Å². The van der Waals surface area contributed by atoms with Crippen molar-refractivity contribution < 1.29 is 121 Å². The van der Waals surface area contributed by atoms with Gasteiger partial charge in [-0.15, -0.1) is 59.7 Å². The van der Waals surface area contributed by atoms with Gasteiger partial charge >= 0.3 is 0 Å². The monoisotopic (exact) mass is 2510 g/mol. The predicted molar refractivity (Wildman–Crippen MR) is 411 cm³/mol. The van der Waals surface area contributed by atoms with E-state index in [9.17, 15) is 0 Å². The van der Waals surface area contributed by atoms with E-state index in [0.717, 1.165) is 139 Å². The Kier molecular flexibility index (Phi) is 28.4. The summed E-state index contributed by atoms with van der Waals surface area (Å²) in [6.07, 6.45) is 28.7. The Bertz CT molecular complexity index is 5490. The van der Waals surface area contributed by atoms with Crippen LogP contribution in [0.5, 0.6) is 0 Å². The van der Waals surface area contributed by atoms with Crippen molar-refractivity contribution in [2.75, 3.05) is 0 Å². The maximum atomic E-state index is 4.72. The van der Waals surface area contributed by atoms with Crippen molar-refractivity contribution in [1.29, 1.82) is 0 Å². The van der Waals surface area contributed by atoms with Crippen molar-refractivity contribution in [2.24, 2.45) is 0 Å². The van der Waals surface area contributed by atoms with E-state index in [1.54, 1.807) is 37.4 Å². The second kappa shape index (κ2) is 35.7. The molecule has 3 aliphatic rings. The zero-order valence-corrected chi connectivity index (χ0v) is 77.2. The van der Waals surface area contributed by atoms with Crippen molar-refractivity contribution in [3.63, 3.8) is 0 Å². The van der Waals surface area contributed by atoms with Crippen LogP contribution in [0.3, 0.4) is 0 Å². The standard InChI is InChI=1S/C18H11N2.C16H17N2.2C15H16N3.2C12H8N3.6Ir/c1-2-5-13(6-3-1)16-11-9-15-17(20-16)10-8-14-7-4-12-19-18(14)15;1-15(2)12-8-6-9-17-13(12)11-7-5-10-18-14(11)16(15,3)4;1-14(2)11-6-5-7-17-12(11)10-8-16-9-18-13(10)15(14,3)4;1-14(2)11-8-16-9-18-12(11)10-6-5-7-17-13(10)15(14,3)4;1-8-4-9-2-3-11-10(6-13-7-15-11)12(9)14-5-8;1-8-5-11-9(3-2-4-14-11)12-10(8)6-13-7-15-12;;;;;;/h1-8,10-12H;5-6,8-10H,1-4H3;5-7,9H,1-4H3;5,7-9H,1-4H3;2-5,7H,1H3;2,4-7H,1H3;;;;;;/q6*-1;;;;;;. The zero-order chi connectivity index (χ0) is 72.8. The fourth-order valence-corrected chi connectivity index (χ4v) is 14.0. The first-order chi connectivity index (χ1) is 50.0. The van der Waals surface area contributed by atoms with Gasteiger partial charge in [0.25, 0.3) is 0 Å². The topological polar surface area (TPSA) is 206 Å². The third kappa shape index (κ3) is 16.3. The molecule has 0 unspecified atom stereocenters. The van der Waals surface area contributed by atoms with Gasteiger partial charge in [-0.2, -0.15) is 0 Å². The molecule has 16 aromatic rings. The number of nitrogens with zero attached hydrogens (tertiary/aromatic N) is 16. The number of aryl methyl sites for hydroxylation is 2. The summed E-state index contributed by atoms with van der Waals surface area (Å²) in [5, 5.41) is 6.10. The molecule has 22 heteroatoms. The van der Waals surface area contributed by atoms with E-state index in [1.165, 1.54) is 23.0 Å². The average Bonchev–Trinajstić information content (AvgIpc) is 0.730. The fraction of sp³-hybridized carbons (Fsp3) is 0.227. The Morgan fingerprint density at radius 1 is 0.336 bits per heavy atom. The Morgan fingerprint density at radius 2 is 0.864 bits per heavy atom. The van der Waals surface area contributed by atoms with E-state index >= 15 is 0 Å². The minimum absolute atomic E-state index is 0. The van der Waals surface area contributed by atoms with Crippen molar-refractivity contribution in [2.45, 2.75) is 129 Å². The number of aromatic nitrogens is 16. The molecule has 0 spiro atoms. The summed E-state index contributed by atoms with van der Waals surface area (Å²) in [4.78, 5) is 69.6. The minimum Gasteiger partial charge on any atom is -0.356 e. The second-order valence-corrected chi connectivity index (χ2v) is 29.3. The molecule has 110 heavy (non-hydrogen) atoms. The summed E-state index contributed by atoms with van der Waals surface area (Å²) < 4.78 is 0. The number of hydrogen-bond acceptors (Lipinski definition) is 16. The van der Waals surface area contributed by atoms with Crippen LogP contribution in [0.2, 0.25) is 0 Å². The van der Waals surface area contributed by atoms with Crippen LogP contribution >= 0.6 is 0 Å². The molecule has 0 aliphatic heterocycles. The molecule has 3 aliphatic carbocycles. The van der Waals surface area contributed by atoms with E-state index < -0.39 is 0 Å². The Labute approximate surface area is 723 Å². The maximum absolute atomic E-state index is 4.72. The van der Waals surface area contributed by atoms with Crippen LogP contribution in [0, 0.1) is 50.5 Å². The van der Waals surface area contributed by atoms with E-state index in [0.29, 0.717) is 0 Å². The van der Waals surface area contributed by atoms with Crippen LogP contribution in [0.4, 0.5) is 0 Å². The predicted octanol–water partition coefficient (Wildman–Crippen LogP) is 18.1. The summed E-state index contributed by atoms with van der Waals surface area (Å²) in [5.74, 6) is 0. The largest absolute Gasteiger partial charge is 0.356 e. The Hall–Kier alpha value is -8.14. The Balaban J connectivity index is 0.000000165. The third-order valence-electron chi connectivity index (χ3n) is 22.0. The molecule has 0 amide bonds. The van der Waals surface area contributed by atoms with Gasteiger partial charge in [0.2, 0.25) is 0 Å². The fourth-order valence-electron chi connectivity index (χ4n) is 14.0. The summed E-state index contributed by atoms with van der Waals surface area (Å²) in [7, 11) is 0. The van der Waals surface area contributed by atoms with Crippen LogP contribution in [0.25, 0.3) is 110 Å². The molecule has 0 N–H and O–H groups in total. The average molecular weight is 2510 g/mol. The van der Waals surface area contributed by atoms with Gasteiger partial charge in [-0.1, -0.05) is 225 Å². The number of fused-ring (bicyclic) bond motifs is 18. The molecule has 0 atom stereocenters. The first kappa shape index (κ1) is 87.4. The molecule has 12 aromatic heterocycles. The summed E-state index contributed by atoms with van der Waals surface area (Å²) in [6.45, 7) is 31.0. The first-order valence-electron chi connectivity index (χ1n) is 34.6. The molecular formula is C88H76Ir6N16-6. The van der Waals surface area contributed by atoms with Crippen LogP contribution in [0.15, 0.2) is 208 Å². The quantitative estimate of drug-likeness (QED) is 0.111. The molecule has 0 bridgehead atoms. The third-order valence-corrected chi connectivity index (χ3v) is 22.0. The van der Waals surface area contributed by atoms with Gasteiger partial charge in [-0.25, -0.2) is 9.97 Å². The SMILES string of the molecule is CC1(C)c2cccnc2-c2[c-]ccnc2C1(C)C.CC1(C)c2cccnc2-c2[c-]ncnc2C1(C)C.CC1(C)c2cncnc2-c2[c-]ccnc2C1(C)C.Cc1cc2ncc[c-]c2c2ncncc12.Cc1cnc2c(ccc3ncn[c-]c32)c1.[Ir].[Ir].[Ir].[Ir].[Ir].[Ir].[c-]1cc(-c2ccccc2)nc2ccc3cccnc3c12. The van der Waals surface area contributed by atoms with Crippen LogP contribution in [-0.4, -0.2) is 79.7 Å². The zero-order valence-electron chi connectivity index (χ0n) is 62.8. The van der Waals surface area contributed by atoms with E-state index in [4.69, 9.17) is 4.98 Å². The summed E-state index contributed by atoms with van der Waals surface area (Å²) >= 11 is 0. The number of hydrogen-bond donors (Lipinski definition) is 0. The van der Waals surface area contributed by atoms with Crippen LogP contribution in [-0.2, 0) is 153 Å². The van der Waals surface area contributed by atoms with E-state index in [1.807, 2.05) is 136 Å². The van der Waals surface area contributed by atoms with Gasteiger partial charge in [0, 0.05) is 176 Å². The van der Waals surface area contributed by atoms with E-state index in [-0.39, 0.29) is 153 Å². The van der Waals surface area contributed by atoms with Gasteiger partial charge in [-0.05, 0) is 177 Å². The van der Waals surface area contributed by atoms with Gasteiger partial charge in [0.05, 0.1) is 0 Å². The van der Waals surface area contributed by atoms with Crippen LogP contribution < -0.4 is 0 Å². The molecule has 4 aromatic carbocycles. The van der Waals surface area contributed by atoms with Crippen molar-refractivity contribution in [1.82, 2.24) is 79.7 Å². The molecule has 19 rings (SSSR count). The second-order valence-electron chi connectivity index (χ2n) is 29.3. The van der Waals surface area contributed by atoms with E-state index in [2.05, 4.69) is 237 Å². The molecular weight excluding hydrogens is 2430 g/mol. The van der Waals surface area contributed by atoms with Gasteiger partial charge in [0.1, 0.15) is 12.7 Å². The van der Waals surface area contributed by atoms with Crippen LogP contribution in [0.1, 0.15) is 128 Å². The number of rotatable bonds is 1. The minimum atomic E-state index is -0.0716. The summed E-state index contributed by atoms with van der Waals surface area (Å²) in [6, 6.07) is 55.3. The molecule has 568 valence electrons. The first-order valence-corrected chi connectivity index (χ1v) is 34.6. The summed E-state index contributed by atoms with van der Waals surface area (Å²) in [5.41, 5.74) is 22.5. The van der Waals surface area contributed by atoms with Crippen molar-refractivity contribution >= 4 is 65.4 Å². The normalized spacial score (nSPS) is 14.3. The molecule has 0 saturated carbocycles. The molecule has 12 heterocycles. The number of pyridine rings is 8. The molecule has 0 saturated heterocycles.